The third-order valence-electron chi connectivity index (χ3n) is 5.01. The molecule has 0 saturated carbocycles. The molecule has 0 spiro atoms. The molecule has 2 aromatic carbocycles. The quantitative estimate of drug-likeness (QED) is 0.265. The van der Waals surface area contributed by atoms with Crippen molar-refractivity contribution >= 4 is 35.2 Å². The van der Waals surface area contributed by atoms with Gasteiger partial charge in [-0.25, -0.2) is 0 Å². The molecule has 0 atom stereocenters. The fourth-order valence-corrected chi connectivity index (χ4v) is 3.17. The molecule has 9 heteroatoms. The van der Waals surface area contributed by atoms with Crippen LogP contribution in [-0.2, 0) is 14.3 Å². The van der Waals surface area contributed by atoms with Crippen molar-refractivity contribution in [1.29, 1.82) is 0 Å². The highest BCUT2D eigenvalue weighted by molar-refractivity contribution is 6.07. The van der Waals surface area contributed by atoms with Crippen molar-refractivity contribution in [3.8, 4) is 11.5 Å². The van der Waals surface area contributed by atoms with E-state index in [0.717, 1.165) is 0 Å². The zero-order chi connectivity index (χ0) is 24.6. The summed E-state index contributed by atoms with van der Waals surface area (Å²) in [6.45, 7) is -0.347. The number of nitrogens with one attached hydrogen (secondary N) is 1. The van der Waals surface area contributed by atoms with Crippen molar-refractivity contribution in [2.75, 3.05) is 18.7 Å². The first kappa shape index (κ1) is 23.5. The van der Waals surface area contributed by atoms with E-state index in [0.29, 0.717) is 34.1 Å². The molecular formula is C26H21NO8. The van der Waals surface area contributed by atoms with Gasteiger partial charge in [0.25, 0.3) is 0 Å². The van der Waals surface area contributed by atoms with Gasteiger partial charge in [-0.15, -0.1) is 0 Å². The fourth-order valence-electron chi connectivity index (χ4n) is 3.17. The highest BCUT2D eigenvalue weighted by atomic mass is 16.7. The number of allylic oxidation sites excluding steroid dienone is 1. The van der Waals surface area contributed by atoms with Crippen LogP contribution in [0.5, 0.6) is 11.5 Å². The molecule has 0 unspecified atom stereocenters. The second-order valence-electron chi connectivity index (χ2n) is 7.49. The first-order chi connectivity index (χ1) is 17.0. The molecule has 0 fully saturated rings. The first-order valence-corrected chi connectivity index (χ1v) is 10.7. The molecule has 0 saturated heterocycles. The van der Waals surface area contributed by atoms with Gasteiger partial charge in [0.1, 0.15) is 5.76 Å². The van der Waals surface area contributed by atoms with Gasteiger partial charge in [-0.1, -0.05) is 0 Å². The Morgan fingerprint density at radius 2 is 1.69 bits per heavy atom. The van der Waals surface area contributed by atoms with E-state index in [1.165, 1.54) is 18.4 Å². The first-order valence-electron chi connectivity index (χ1n) is 10.7. The largest absolute Gasteiger partial charge is 0.465 e. The SMILES string of the molecule is O=C(CCC(=O)OCC(=O)c1ccc2c(c1)OCO2)Nc1ccc(C(=O)C=Cc2ccco2)cc1. The lowest BCUT2D eigenvalue weighted by Gasteiger charge is -2.07. The number of furan rings is 1. The summed E-state index contributed by atoms with van der Waals surface area (Å²) in [6.07, 6.45) is 4.18. The Morgan fingerprint density at radius 3 is 2.46 bits per heavy atom. The number of rotatable bonds is 10. The van der Waals surface area contributed by atoms with E-state index < -0.39 is 24.3 Å². The van der Waals surface area contributed by atoms with Crippen LogP contribution in [0.4, 0.5) is 5.69 Å². The fraction of sp³-hybridized carbons (Fsp3) is 0.154. The van der Waals surface area contributed by atoms with Crippen molar-refractivity contribution < 1.29 is 37.8 Å². The van der Waals surface area contributed by atoms with Gasteiger partial charge in [0.15, 0.2) is 29.7 Å². The molecule has 1 aliphatic heterocycles. The van der Waals surface area contributed by atoms with Crippen LogP contribution in [0, 0.1) is 0 Å². The number of Topliss-reactive ketones (excluding diaryl/α,β-unsaturated/α-hetero) is 1. The van der Waals surface area contributed by atoms with E-state index >= 15 is 0 Å². The van der Waals surface area contributed by atoms with Crippen LogP contribution in [0.1, 0.15) is 39.3 Å². The van der Waals surface area contributed by atoms with Gasteiger partial charge in [-0.05, 0) is 66.7 Å². The average molecular weight is 475 g/mol. The minimum absolute atomic E-state index is 0.0934. The number of hydrogen-bond acceptors (Lipinski definition) is 8. The monoisotopic (exact) mass is 475 g/mol. The average Bonchev–Trinajstić information content (AvgIpc) is 3.56. The van der Waals surface area contributed by atoms with Gasteiger partial charge in [0.2, 0.25) is 12.7 Å². The van der Waals surface area contributed by atoms with Crippen molar-refractivity contribution in [3.05, 3.63) is 83.8 Å². The molecule has 2 heterocycles. The van der Waals surface area contributed by atoms with E-state index in [2.05, 4.69) is 5.32 Å². The number of esters is 1. The van der Waals surface area contributed by atoms with Gasteiger partial charge < -0.3 is 23.9 Å². The van der Waals surface area contributed by atoms with Crippen molar-refractivity contribution in [1.82, 2.24) is 0 Å². The molecular weight excluding hydrogens is 454 g/mol. The van der Waals surface area contributed by atoms with E-state index in [1.54, 1.807) is 54.6 Å². The third kappa shape index (κ3) is 6.44. The molecule has 1 N–H and O–H groups in total. The summed E-state index contributed by atoms with van der Waals surface area (Å²) in [5, 5.41) is 2.65. The smallest absolute Gasteiger partial charge is 0.306 e. The highest BCUT2D eigenvalue weighted by Crippen LogP contribution is 2.32. The lowest BCUT2D eigenvalue weighted by atomic mass is 10.1. The zero-order valence-corrected chi connectivity index (χ0v) is 18.5. The Hall–Kier alpha value is -4.66. The number of ether oxygens (including phenoxy) is 3. The molecule has 3 aromatic rings. The second-order valence-corrected chi connectivity index (χ2v) is 7.49. The minimum atomic E-state index is -0.668. The van der Waals surface area contributed by atoms with Crippen molar-refractivity contribution in [2.45, 2.75) is 12.8 Å². The Labute approximate surface area is 200 Å². The summed E-state index contributed by atoms with van der Waals surface area (Å²) in [6, 6.07) is 14.5. The maximum Gasteiger partial charge on any atom is 0.306 e. The number of amides is 1. The number of carbonyl (C=O) groups is 4. The van der Waals surface area contributed by atoms with Crippen LogP contribution in [0.15, 0.2) is 71.4 Å². The van der Waals surface area contributed by atoms with Crippen LogP contribution in [0.3, 0.4) is 0 Å². The van der Waals surface area contributed by atoms with Crippen LogP contribution in [0.25, 0.3) is 6.08 Å². The number of hydrogen-bond donors (Lipinski definition) is 1. The number of fused-ring (bicyclic) bond motifs is 1. The minimum Gasteiger partial charge on any atom is -0.465 e. The molecule has 0 bridgehead atoms. The van der Waals surface area contributed by atoms with Gasteiger partial charge >= 0.3 is 5.97 Å². The summed E-state index contributed by atoms with van der Waals surface area (Å²) in [5.41, 5.74) is 1.26. The van der Waals surface area contributed by atoms with Gasteiger partial charge in [-0.2, -0.15) is 0 Å². The molecule has 1 aliphatic rings. The predicted molar refractivity (Wildman–Crippen MR) is 124 cm³/mol. The van der Waals surface area contributed by atoms with Crippen LogP contribution >= 0.6 is 0 Å². The van der Waals surface area contributed by atoms with E-state index in [4.69, 9.17) is 18.6 Å². The lowest BCUT2D eigenvalue weighted by molar-refractivity contribution is -0.143. The molecule has 9 nitrogen and oxygen atoms in total. The summed E-state index contributed by atoms with van der Waals surface area (Å²) in [4.78, 5) is 48.5. The number of anilines is 1. The van der Waals surface area contributed by atoms with Crippen LogP contribution < -0.4 is 14.8 Å². The Bertz CT molecular complexity index is 1260. The number of benzene rings is 2. The lowest BCUT2D eigenvalue weighted by Crippen LogP contribution is -2.17. The molecule has 0 aliphatic carbocycles. The molecule has 35 heavy (non-hydrogen) atoms. The molecule has 1 aromatic heterocycles. The Morgan fingerprint density at radius 1 is 0.914 bits per heavy atom. The normalized spacial score (nSPS) is 11.9. The second kappa shape index (κ2) is 11.0. The van der Waals surface area contributed by atoms with Crippen molar-refractivity contribution in [2.24, 2.45) is 0 Å². The van der Waals surface area contributed by atoms with Gasteiger partial charge in [0.05, 0.1) is 12.7 Å². The predicted octanol–water partition coefficient (Wildman–Crippen LogP) is 4.05. The van der Waals surface area contributed by atoms with Crippen molar-refractivity contribution in [3.63, 3.8) is 0 Å². The van der Waals surface area contributed by atoms with Crippen LogP contribution in [-0.4, -0.2) is 36.8 Å². The molecule has 178 valence electrons. The topological polar surface area (TPSA) is 121 Å². The maximum atomic E-state index is 12.2. The Kier molecular flexibility index (Phi) is 7.37. The highest BCUT2D eigenvalue weighted by Gasteiger charge is 2.17. The summed E-state index contributed by atoms with van der Waals surface area (Å²) in [5.74, 6) is -0.0984. The summed E-state index contributed by atoms with van der Waals surface area (Å²) < 4.78 is 20.5. The Balaban J connectivity index is 1.18. The van der Waals surface area contributed by atoms with Gasteiger partial charge in [-0.3, -0.25) is 19.2 Å². The number of ketones is 2. The zero-order valence-electron chi connectivity index (χ0n) is 18.5. The summed E-state index contributed by atoms with van der Waals surface area (Å²) >= 11 is 0. The third-order valence-corrected chi connectivity index (χ3v) is 5.01. The van der Waals surface area contributed by atoms with Crippen LogP contribution in [0.2, 0.25) is 0 Å². The van der Waals surface area contributed by atoms with E-state index in [1.807, 2.05) is 0 Å². The van der Waals surface area contributed by atoms with E-state index in [9.17, 15) is 19.2 Å². The molecule has 1 amide bonds. The van der Waals surface area contributed by atoms with Gasteiger partial charge in [0, 0.05) is 23.2 Å². The standard InChI is InChI=1S/C26H21NO8/c28-21(9-8-20-2-1-13-32-20)17-3-6-19(7-4-17)27-25(30)11-12-26(31)33-15-22(29)18-5-10-23-24(14-18)35-16-34-23/h1-10,13-14H,11-12,15-16H2,(H,27,30). The number of carbonyl (C=O) groups excluding carboxylic acids is 4. The van der Waals surface area contributed by atoms with E-state index in [-0.39, 0.29) is 25.4 Å². The summed E-state index contributed by atoms with van der Waals surface area (Å²) in [7, 11) is 0. The molecule has 4 rings (SSSR count). The molecule has 0 radical (unpaired) electrons. The maximum absolute atomic E-state index is 12.2.